The molecular weight excluding hydrogens is 360 g/mol. The maximum absolute atomic E-state index is 4.31. The number of hydrogen-bond acceptors (Lipinski definition) is 2. The Kier molecular flexibility index (Phi) is 16.5. The third-order valence-corrected chi connectivity index (χ3v) is 0.543. The fourth-order valence-electron chi connectivity index (χ4n) is 0.167. The van der Waals surface area contributed by atoms with Crippen LogP contribution in [0.5, 0.6) is 0 Å². The highest BCUT2D eigenvalue weighted by Gasteiger charge is 1.74. The molecule has 0 aromatic rings. The number of isothiocyanates is 1. The monoisotopic (exact) mass is 367 g/mol. The summed E-state index contributed by atoms with van der Waals surface area (Å²) in [5, 5.41) is 2.25. The predicted octanol–water partition coefficient (Wildman–Crippen LogP) is 3.44. The van der Waals surface area contributed by atoms with Crippen molar-refractivity contribution in [1.82, 2.24) is 0 Å². The van der Waals surface area contributed by atoms with Gasteiger partial charge >= 0.3 is 0 Å². The third-order valence-electron chi connectivity index (χ3n) is 0.414. The van der Waals surface area contributed by atoms with Gasteiger partial charge in [0.15, 0.2) is 0 Å². The first-order valence-electron chi connectivity index (χ1n) is 2.09. The van der Waals surface area contributed by atoms with Crippen molar-refractivity contribution in [2.75, 3.05) is 6.54 Å². The van der Waals surface area contributed by atoms with Crippen LogP contribution >= 0.6 is 49.4 Å². The molecule has 0 aliphatic carbocycles. The zero-order valence-electron chi connectivity index (χ0n) is 5.03. The van der Waals surface area contributed by atoms with E-state index in [4.69, 9.17) is 0 Å². The molecule has 0 fully saturated rings. The molecule has 0 aliphatic heterocycles. The Morgan fingerprint density at radius 1 is 1.78 bits per heavy atom. The number of thiocarbonyl (C=S) groups is 1. The van der Waals surface area contributed by atoms with Gasteiger partial charge in [0.1, 0.15) is 0 Å². The van der Waals surface area contributed by atoms with Crippen molar-refractivity contribution in [2.45, 2.75) is 6.92 Å². The summed E-state index contributed by atoms with van der Waals surface area (Å²) >= 11 is 8.55. The summed E-state index contributed by atoms with van der Waals surface area (Å²) in [6.45, 7) is 6.13. The first-order valence-corrected chi connectivity index (χ1v) is 8.79. The zero-order chi connectivity index (χ0) is 7.70. The fourth-order valence-corrected chi connectivity index (χ4v) is 0.232. The van der Waals surface area contributed by atoms with E-state index in [-0.39, 0.29) is 0 Å². The Labute approximate surface area is 84.3 Å². The molecule has 0 N–H and O–H groups in total. The Bertz CT molecular complexity index is 118. The van der Waals surface area contributed by atoms with Gasteiger partial charge in [-0.2, -0.15) is 0 Å². The van der Waals surface area contributed by atoms with E-state index in [1.165, 1.54) is 0 Å². The van der Waals surface area contributed by atoms with Crippen LogP contribution in [0.4, 0.5) is 0 Å². The van der Waals surface area contributed by atoms with Crippen LogP contribution in [0.3, 0.4) is 0 Å². The summed E-state index contributed by atoms with van der Waals surface area (Å²) in [6, 6.07) is 0. The summed E-state index contributed by atoms with van der Waals surface area (Å²) in [5.74, 6) is 0. The summed E-state index contributed by atoms with van der Waals surface area (Å²) in [7, 11) is 0. The van der Waals surface area contributed by atoms with Crippen molar-refractivity contribution in [3.05, 3.63) is 12.2 Å². The molecule has 0 heterocycles. The summed E-state index contributed by atoms with van der Waals surface area (Å²) < 4.78 is 0. The predicted molar refractivity (Wildman–Crippen MR) is 62.7 cm³/mol. The van der Waals surface area contributed by atoms with Crippen LogP contribution in [0, 0.1) is 0 Å². The first kappa shape index (κ1) is 12.7. The van der Waals surface area contributed by atoms with Crippen LogP contribution in [0.2, 0.25) is 0 Å². The first-order chi connectivity index (χ1) is 4.27. The zero-order valence-corrected chi connectivity index (χ0v) is 10.2. The average molecular weight is 367 g/mol. The van der Waals surface area contributed by atoms with Crippen LogP contribution in [0.1, 0.15) is 6.92 Å². The van der Waals surface area contributed by atoms with E-state index in [2.05, 4.69) is 66.2 Å². The summed E-state index contributed by atoms with van der Waals surface area (Å²) in [6.07, 6.45) is 0. The number of aliphatic imine (C=N–C) groups is 1. The van der Waals surface area contributed by atoms with Crippen LogP contribution in [0.15, 0.2) is 17.1 Å². The molecule has 0 rings (SSSR count). The summed E-state index contributed by atoms with van der Waals surface area (Å²) in [5.41, 5.74) is 1.01. The van der Waals surface area contributed by atoms with E-state index >= 15 is 0 Å². The maximum Gasteiger partial charge on any atom is 0.0697 e. The Balaban J connectivity index is 0. The molecule has 0 unspecified atom stereocenters. The second-order valence-electron chi connectivity index (χ2n) is 1.36. The highest BCUT2D eigenvalue weighted by molar-refractivity contribution is 15.0. The second-order valence-corrected chi connectivity index (χ2v) is 1.55. The third kappa shape index (κ3) is 17.6. The van der Waals surface area contributed by atoms with Crippen molar-refractivity contribution in [2.24, 2.45) is 4.99 Å². The van der Waals surface area contributed by atoms with Crippen molar-refractivity contribution in [3.8, 4) is 0 Å². The smallest absolute Gasteiger partial charge is 0.0697 e. The highest BCUT2D eigenvalue weighted by Crippen LogP contribution is 1.89. The number of halogens is 2. The lowest BCUT2D eigenvalue weighted by atomic mass is 10.4. The van der Waals surface area contributed by atoms with Crippen LogP contribution in [0.25, 0.3) is 0 Å². The molecule has 9 heavy (non-hydrogen) atoms. The Morgan fingerprint density at radius 3 is 2.33 bits per heavy atom. The molecule has 0 aromatic heterocycles. The molecule has 0 saturated heterocycles. The molecule has 1 nitrogen and oxygen atoms in total. The van der Waals surface area contributed by atoms with E-state index in [9.17, 15) is 0 Å². The van der Waals surface area contributed by atoms with Gasteiger partial charge in [0, 0.05) is 37.2 Å². The molecular formula is C5H7I2NS. The number of rotatable bonds is 2. The minimum atomic E-state index is 0.615. The lowest BCUT2D eigenvalue weighted by molar-refractivity contribution is 1.16. The molecule has 0 saturated carbocycles. The normalized spacial score (nSPS) is 6.11. The van der Waals surface area contributed by atoms with Gasteiger partial charge in [-0.25, -0.2) is 4.99 Å². The van der Waals surface area contributed by atoms with E-state index < -0.39 is 0 Å². The molecule has 0 aliphatic rings. The Morgan fingerprint density at radius 2 is 2.22 bits per heavy atom. The van der Waals surface area contributed by atoms with Crippen molar-refractivity contribution in [1.29, 1.82) is 0 Å². The Hall–Kier alpha value is 1.000. The minimum absolute atomic E-state index is 0.615. The SMILES string of the molecule is C=C(C)CN=C=S.II. The molecule has 52 valence electrons. The molecule has 4 heteroatoms. The molecule has 0 aromatic carbocycles. The van der Waals surface area contributed by atoms with Gasteiger partial charge in [0.2, 0.25) is 0 Å². The van der Waals surface area contributed by atoms with Crippen molar-refractivity contribution in [3.63, 3.8) is 0 Å². The van der Waals surface area contributed by atoms with Crippen molar-refractivity contribution >= 4 is 54.6 Å². The quantitative estimate of drug-likeness (QED) is 0.315. The van der Waals surface area contributed by atoms with E-state index in [0.29, 0.717) is 6.54 Å². The summed E-state index contributed by atoms with van der Waals surface area (Å²) in [4.78, 5) is 3.64. The molecule has 0 spiro atoms. The lowest BCUT2D eigenvalue weighted by Gasteiger charge is -1.82. The minimum Gasteiger partial charge on any atom is -0.228 e. The van der Waals surface area contributed by atoms with Gasteiger partial charge in [-0.1, -0.05) is 12.2 Å². The second kappa shape index (κ2) is 11.8. The van der Waals surface area contributed by atoms with Gasteiger partial charge in [-0.05, 0) is 19.1 Å². The van der Waals surface area contributed by atoms with Gasteiger partial charge in [-0.3, -0.25) is 0 Å². The average Bonchev–Trinajstić information content (AvgIpc) is 1.88. The largest absolute Gasteiger partial charge is 0.228 e. The van der Waals surface area contributed by atoms with Crippen LogP contribution in [-0.2, 0) is 0 Å². The molecule has 0 atom stereocenters. The molecule has 0 bridgehead atoms. The van der Waals surface area contributed by atoms with Gasteiger partial charge in [0.25, 0.3) is 0 Å². The molecule has 0 radical (unpaired) electrons. The highest BCUT2D eigenvalue weighted by atomic mass is 128. The standard InChI is InChI=1S/C5H7NS.I2/c1-5(2)3-6-4-7;1-2/h1,3H2,2H3;. The van der Waals surface area contributed by atoms with Gasteiger partial charge in [-0.15, -0.1) is 0 Å². The topological polar surface area (TPSA) is 12.4 Å². The van der Waals surface area contributed by atoms with E-state index in [0.717, 1.165) is 5.57 Å². The van der Waals surface area contributed by atoms with Crippen LogP contribution < -0.4 is 0 Å². The lowest BCUT2D eigenvalue weighted by Crippen LogP contribution is -1.75. The van der Waals surface area contributed by atoms with Gasteiger partial charge in [0.05, 0.1) is 11.7 Å². The van der Waals surface area contributed by atoms with Crippen molar-refractivity contribution < 1.29 is 0 Å². The van der Waals surface area contributed by atoms with E-state index in [1.54, 1.807) is 0 Å². The number of hydrogen-bond donors (Lipinski definition) is 0. The van der Waals surface area contributed by atoms with Gasteiger partial charge < -0.3 is 0 Å². The van der Waals surface area contributed by atoms with E-state index in [1.807, 2.05) is 6.92 Å². The van der Waals surface area contributed by atoms with Crippen LogP contribution in [-0.4, -0.2) is 11.7 Å². The number of nitrogens with zero attached hydrogens (tertiary/aromatic N) is 1. The maximum atomic E-state index is 4.31. The fraction of sp³-hybridized carbons (Fsp3) is 0.400. The molecule has 0 amide bonds.